The topological polar surface area (TPSA) is 86.4 Å². The number of hydrogen-bond acceptors (Lipinski definition) is 5. The Bertz CT molecular complexity index is 886. The van der Waals surface area contributed by atoms with Crippen LogP contribution in [-0.4, -0.2) is 16.1 Å². The van der Waals surface area contributed by atoms with E-state index < -0.39 is 5.97 Å². The Morgan fingerprint density at radius 3 is 2.83 bits per heavy atom. The zero-order valence-electron chi connectivity index (χ0n) is 11.5. The number of fused-ring (bicyclic) bond motifs is 1. The van der Waals surface area contributed by atoms with Crippen LogP contribution in [0.3, 0.4) is 0 Å². The SMILES string of the molecule is O=C(O)/C(=C/c1cc(Br)ccc1[O-])Sc1nc2ccccc2o1. The van der Waals surface area contributed by atoms with Gasteiger partial charge in [-0.2, -0.15) is 0 Å². The lowest BCUT2D eigenvalue weighted by Crippen LogP contribution is -1.99. The number of halogens is 1. The summed E-state index contributed by atoms with van der Waals surface area (Å²) in [5.74, 6) is -1.42. The molecule has 0 unspecified atom stereocenters. The van der Waals surface area contributed by atoms with Gasteiger partial charge in [0.1, 0.15) is 10.4 Å². The Labute approximate surface area is 143 Å². The number of aromatic nitrogens is 1. The summed E-state index contributed by atoms with van der Waals surface area (Å²) in [6.07, 6.45) is 1.31. The maximum absolute atomic E-state index is 11.8. The molecular weight excluding hydrogens is 382 g/mol. The van der Waals surface area contributed by atoms with Gasteiger partial charge in [0, 0.05) is 4.47 Å². The Morgan fingerprint density at radius 1 is 1.30 bits per heavy atom. The van der Waals surface area contributed by atoms with Crippen LogP contribution < -0.4 is 5.11 Å². The minimum Gasteiger partial charge on any atom is -0.872 e. The lowest BCUT2D eigenvalue weighted by molar-refractivity contribution is -0.268. The quantitative estimate of drug-likeness (QED) is 0.537. The van der Waals surface area contributed by atoms with Crippen LogP contribution in [0.25, 0.3) is 17.2 Å². The van der Waals surface area contributed by atoms with Crippen molar-refractivity contribution in [3.05, 3.63) is 57.4 Å². The second-order valence-electron chi connectivity index (χ2n) is 4.55. The molecule has 1 N–H and O–H groups in total. The van der Waals surface area contributed by atoms with Crippen LogP contribution in [0.5, 0.6) is 5.75 Å². The fraction of sp³-hybridized carbons (Fsp3) is 0. The molecule has 116 valence electrons. The highest BCUT2D eigenvalue weighted by atomic mass is 79.9. The van der Waals surface area contributed by atoms with E-state index in [9.17, 15) is 15.0 Å². The highest BCUT2D eigenvalue weighted by Gasteiger charge is 2.15. The highest BCUT2D eigenvalue weighted by Crippen LogP contribution is 2.32. The number of carboxylic acid groups (broad SMARTS) is 1. The van der Waals surface area contributed by atoms with Crippen molar-refractivity contribution < 1.29 is 19.4 Å². The van der Waals surface area contributed by atoms with Gasteiger partial charge in [0.05, 0.1) is 0 Å². The summed E-state index contributed by atoms with van der Waals surface area (Å²) in [7, 11) is 0. The molecule has 0 aliphatic rings. The number of rotatable bonds is 4. The van der Waals surface area contributed by atoms with Crippen molar-refractivity contribution in [2.75, 3.05) is 0 Å². The summed E-state index contributed by atoms with van der Waals surface area (Å²) in [5, 5.41) is 21.4. The van der Waals surface area contributed by atoms with E-state index in [1.54, 1.807) is 30.3 Å². The molecule has 7 heteroatoms. The monoisotopic (exact) mass is 390 g/mol. The number of oxazole rings is 1. The molecule has 0 radical (unpaired) electrons. The van der Waals surface area contributed by atoms with Crippen LogP contribution in [0.4, 0.5) is 0 Å². The van der Waals surface area contributed by atoms with E-state index in [0.717, 1.165) is 11.8 Å². The number of thioether (sulfide) groups is 1. The molecule has 0 atom stereocenters. The first-order valence-electron chi connectivity index (χ1n) is 6.48. The van der Waals surface area contributed by atoms with E-state index in [0.29, 0.717) is 15.6 Å². The largest absolute Gasteiger partial charge is 0.872 e. The fourth-order valence-corrected chi connectivity index (χ4v) is 3.01. The molecule has 3 aromatic rings. The Kier molecular flexibility index (Phi) is 4.40. The van der Waals surface area contributed by atoms with Gasteiger partial charge in [-0.25, -0.2) is 9.78 Å². The molecule has 1 aromatic heterocycles. The Hall–Kier alpha value is -2.25. The molecule has 1 heterocycles. The summed E-state index contributed by atoms with van der Waals surface area (Å²) in [4.78, 5) is 15.6. The van der Waals surface area contributed by atoms with Gasteiger partial charge in [-0.1, -0.05) is 34.1 Å². The number of hydrogen-bond donors (Lipinski definition) is 1. The molecule has 0 spiro atoms. The maximum atomic E-state index is 11.8. The van der Waals surface area contributed by atoms with Crippen molar-refractivity contribution in [1.29, 1.82) is 0 Å². The zero-order chi connectivity index (χ0) is 16.4. The third-order valence-electron chi connectivity index (χ3n) is 2.94. The van der Waals surface area contributed by atoms with Gasteiger partial charge < -0.3 is 14.6 Å². The first-order chi connectivity index (χ1) is 11.0. The first kappa shape index (κ1) is 15.6. The van der Waals surface area contributed by atoms with E-state index in [1.165, 1.54) is 12.1 Å². The number of carbonyl (C=O) groups is 1. The van der Waals surface area contributed by atoms with E-state index in [1.807, 2.05) is 6.07 Å². The summed E-state index contributed by atoms with van der Waals surface area (Å²) in [5.41, 5.74) is 1.50. The number of para-hydroxylation sites is 2. The van der Waals surface area contributed by atoms with Crippen LogP contribution in [0.15, 0.2) is 61.5 Å². The molecule has 0 aliphatic carbocycles. The van der Waals surface area contributed by atoms with Crippen LogP contribution in [0.1, 0.15) is 5.56 Å². The van der Waals surface area contributed by atoms with Crippen LogP contribution in [0.2, 0.25) is 0 Å². The third kappa shape index (κ3) is 3.57. The molecule has 0 saturated heterocycles. The molecule has 3 rings (SSSR count). The van der Waals surface area contributed by atoms with Crippen molar-refractivity contribution in [2.45, 2.75) is 5.22 Å². The van der Waals surface area contributed by atoms with E-state index in [2.05, 4.69) is 20.9 Å². The summed E-state index contributed by atoms with van der Waals surface area (Å²) in [6, 6.07) is 11.7. The standard InChI is InChI=1S/C16H10BrNO4S/c17-10-5-6-12(19)9(7-10)8-14(15(20)21)23-16-18-11-3-1-2-4-13(11)22-16/h1-8,19H,(H,20,21)/p-1/b14-8-. The summed E-state index contributed by atoms with van der Waals surface area (Å²) < 4.78 is 6.20. The third-order valence-corrected chi connectivity index (χ3v) is 4.30. The molecule has 5 nitrogen and oxygen atoms in total. The van der Waals surface area contributed by atoms with Crippen molar-refractivity contribution in [3.8, 4) is 5.75 Å². The molecule has 0 aliphatic heterocycles. The van der Waals surface area contributed by atoms with E-state index in [4.69, 9.17) is 4.42 Å². The van der Waals surface area contributed by atoms with Gasteiger partial charge in [-0.05, 0) is 47.7 Å². The molecule has 0 saturated carbocycles. The number of benzene rings is 2. The highest BCUT2D eigenvalue weighted by molar-refractivity contribution is 9.10. The number of carboxylic acids is 1. The lowest BCUT2D eigenvalue weighted by atomic mass is 10.2. The normalized spacial score (nSPS) is 11.8. The average Bonchev–Trinajstić information content (AvgIpc) is 2.92. The zero-order valence-corrected chi connectivity index (χ0v) is 13.9. The van der Waals surface area contributed by atoms with E-state index >= 15 is 0 Å². The van der Waals surface area contributed by atoms with Gasteiger partial charge in [0.15, 0.2) is 5.58 Å². The lowest BCUT2D eigenvalue weighted by Gasteiger charge is -2.11. The summed E-state index contributed by atoms with van der Waals surface area (Å²) >= 11 is 4.12. The minimum absolute atomic E-state index is 0.0493. The van der Waals surface area contributed by atoms with E-state index in [-0.39, 0.29) is 21.4 Å². The van der Waals surface area contributed by atoms with Gasteiger partial charge in [0.2, 0.25) is 0 Å². The maximum Gasteiger partial charge on any atom is 0.342 e. The predicted octanol–water partition coefficient (Wildman–Crippen LogP) is 3.88. The van der Waals surface area contributed by atoms with Crippen LogP contribution in [0, 0.1) is 0 Å². The van der Waals surface area contributed by atoms with Crippen LogP contribution in [-0.2, 0) is 4.79 Å². The second-order valence-corrected chi connectivity index (χ2v) is 6.45. The molecule has 0 fully saturated rings. The fourth-order valence-electron chi connectivity index (χ4n) is 1.90. The van der Waals surface area contributed by atoms with Crippen molar-refractivity contribution in [1.82, 2.24) is 4.98 Å². The average molecular weight is 391 g/mol. The first-order valence-corrected chi connectivity index (χ1v) is 8.09. The number of nitrogens with zero attached hydrogens (tertiary/aromatic N) is 1. The smallest absolute Gasteiger partial charge is 0.342 e. The number of aliphatic carboxylic acids is 1. The van der Waals surface area contributed by atoms with Gasteiger partial charge in [-0.15, -0.1) is 5.75 Å². The Morgan fingerprint density at radius 2 is 2.09 bits per heavy atom. The second kappa shape index (κ2) is 6.47. The van der Waals surface area contributed by atoms with Crippen molar-refractivity contribution in [3.63, 3.8) is 0 Å². The summed E-state index contributed by atoms with van der Waals surface area (Å²) in [6.45, 7) is 0. The predicted molar refractivity (Wildman–Crippen MR) is 89.1 cm³/mol. The van der Waals surface area contributed by atoms with Gasteiger partial charge >= 0.3 is 5.97 Å². The molecular formula is C16H9BrNO4S-. The van der Waals surface area contributed by atoms with Crippen LogP contribution >= 0.6 is 27.7 Å². The molecule has 23 heavy (non-hydrogen) atoms. The van der Waals surface area contributed by atoms with Gasteiger partial charge in [0.25, 0.3) is 5.22 Å². The van der Waals surface area contributed by atoms with Crippen molar-refractivity contribution in [2.24, 2.45) is 0 Å². The van der Waals surface area contributed by atoms with Gasteiger partial charge in [-0.3, -0.25) is 0 Å². The van der Waals surface area contributed by atoms with Crippen molar-refractivity contribution >= 4 is 50.8 Å². The molecule has 2 aromatic carbocycles. The molecule has 0 amide bonds. The minimum atomic E-state index is -1.16. The molecule has 0 bridgehead atoms. The Balaban J connectivity index is 1.97.